The van der Waals surface area contributed by atoms with Crippen LogP contribution in [0.15, 0.2) is 42.7 Å². The zero-order valence-electron chi connectivity index (χ0n) is 14.2. The van der Waals surface area contributed by atoms with Gasteiger partial charge in [-0.1, -0.05) is 0 Å². The zero-order valence-corrected chi connectivity index (χ0v) is 14.2. The van der Waals surface area contributed by atoms with Gasteiger partial charge in [-0.25, -0.2) is 14.4 Å². The molecule has 1 amide bonds. The molecule has 0 bridgehead atoms. The van der Waals surface area contributed by atoms with Gasteiger partial charge < -0.3 is 15.0 Å². The molecule has 132 valence electrons. The third kappa shape index (κ3) is 2.92. The fraction of sp³-hybridized carbons (Fsp3) is 0.211. The van der Waals surface area contributed by atoms with Gasteiger partial charge in [0.1, 0.15) is 12.1 Å². The van der Waals surface area contributed by atoms with Gasteiger partial charge in [-0.3, -0.25) is 4.79 Å². The summed E-state index contributed by atoms with van der Waals surface area (Å²) >= 11 is 0. The number of aromatic nitrogens is 2. The molecule has 7 heteroatoms. The molecular formula is C19H17FN4O2. The SMILES string of the molecule is COc1cc2c(Nc3ccc(N4CCCC4=O)cc3)ncnc2cc1F. The second-order valence-corrected chi connectivity index (χ2v) is 6.05. The number of halogens is 1. The van der Waals surface area contributed by atoms with Crippen molar-refractivity contribution < 1.29 is 13.9 Å². The summed E-state index contributed by atoms with van der Waals surface area (Å²) < 4.78 is 18.9. The quantitative estimate of drug-likeness (QED) is 0.776. The Balaban J connectivity index is 1.63. The normalized spacial score (nSPS) is 14.1. The average molecular weight is 352 g/mol. The largest absolute Gasteiger partial charge is 0.494 e. The van der Waals surface area contributed by atoms with Crippen molar-refractivity contribution in [3.05, 3.63) is 48.5 Å². The molecule has 0 atom stereocenters. The van der Waals surface area contributed by atoms with E-state index in [1.807, 2.05) is 24.3 Å². The lowest BCUT2D eigenvalue weighted by Gasteiger charge is -2.16. The van der Waals surface area contributed by atoms with E-state index >= 15 is 0 Å². The van der Waals surface area contributed by atoms with Gasteiger partial charge in [0.2, 0.25) is 5.91 Å². The molecule has 0 saturated carbocycles. The fourth-order valence-corrected chi connectivity index (χ4v) is 3.10. The first-order valence-electron chi connectivity index (χ1n) is 8.31. The Morgan fingerprint density at radius 1 is 1.19 bits per heavy atom. The van der Waals surface area contributed by atoms with Gasteiger partial charge in [-0.15, -0.1) is 0 Å². The van der Waals surface area contributed by atoms with Crippen LogP contribution in [0, 0.1) is 5.82 Å². The number of carbonyl (C=O) groups is 1. The maximum absolute atomic E-state index is 13.9. The van der Waals surface area contributed by atoms with E-state index in [0.29, 0.717) is 23.1 Å². The number of ether oxygens (including phenoxy) is 1. The molecule has 1 aliphatic rings. The number of nitrogens with zero attached hydrogens (tertiary/aromatic N) is 3. The van der Waals surface area contributed by atoms with E-state index in [-0.39, 0.29) is 11.7 Å². The molecule has 0 radical (unpaired) electrons. The van der Waals surface area contributed by atoms with Crippen LogP contribution in [0.2, 0.25) is 0 Å². The predicted molar refractivity (Wildman–Crippen MR) is 97.4 cm³/mol. The Hall–Kier alpha value is -3.22. The molecule has 0 aliphatic carbocycles. The summed E-state index contributed by atoms with van der Waals surface area (Å²) in [7, 11) is 1.42. The van der Waals surface area contributed by atoms with Crippen LogP contribution in [-0.4, -0.2) is 29.5 Å². The Morgan fingerprint density at radius 3 is 2.69 bits per heavy atom. The molecule has 1 aliphatic heterocycles. The van der Waals surface area contributed by atoms with Crippen molar-refractivity contribution in [1.82, 2.24) is 9.97 Å². The molecule has 6 nitrogen and oxygen atoms in total. The van der Waals surface area contributed by atoms with Gasteiger partial charge in [0.25, 0.3) is 0 Å². The van der Waals surface area contributed by atoms with E-state index < -0.39 is 5.82 Å². The van der Waals surface area contributed by atoms with Crippen LogP contribution >= 0.6 is 0 Å². The molecule has 0 spiro atoms. The van der Waals surface area contributed by atoms with Crippen LogP contribution in [0.5, 0.6) is 5.75 Å². The van der Waals surface area contributed by atoms with Crippen molar-refractivity contribution >= 4 is 34.0 Å². The van der Waals surface area contributed by atoms with E-state index in [1.165, 1.54) is 19.5 Å². The second-order valence-electron chi connectivity index (χ2n) is 6.05. The molecule has 2 aromatic carbocycles. The lowest BCUT2D eigenvalue weighted by atomic mass is 10.2. The van der Waals surface area contributed by atoms with Gasteiger partial charge in [0, 0.05) is 35.8 Å². The number of hydrogen-bond acceptors (Lipinski definition) is 5. The molecule has 4 rings (SSSR count). The highest BCUT2D eigenvalue weighted by Gasteiger charge is 2.21. The summed E-state index contributed by atoms with van der Waals surface area (Å²) in [6, 6.07) is 10.5. The summed E-state index contributed by atoms with van der Waals surface area (Å²) in [6.07, 6.45) is 2.88. The summed E-state index contributed by atoms with van der Waals surface area (Å²) in [4.78, 5) is 22.0. The molecule has 1 N–H and O–H groups in total. The van der Waals surface area contributed by atoms with Crippen molar-refractivity contribution in [3.8, 4) is 5.75 Å². The highest BCUT2D eigenvalue weighted by Crippen LogP contribution is 2.30. The average Bonchev–Trinajstić information content (AvgIpc) is 3.08. The number of nitrogens with one attached hydrogen (secondary N) is 1. The van der Waals surface area contributed by atoms with Gasteiger partial charge in [-0.05, 0) is 36.8 Å². The van der Waals surface area contributed by atoms with Crippen LogP contribution in [0.25, 0.3) is 10.9 Å². The Kier molecular flexibility index (Phi) is 4.12. The molecular weight excluding hydrogens is 335 g/mol. The van der Waals surface area contributed by atoms with Gasteiger partial charge >= 0.3 is 0 Å². The molecule has 1 fully saturated rings. The number of rotatable bonds is 4. The summed E-state index contributed by atoms with van der Waals surface area (Å²) in [6.45, 7) is 0.757. The molecule has 1 aromatic heterocycles. The zero-order chi connectivity index (χ0) is 18.1. The van der Waals surface area contributed by atoms with Crippen LogP contribution in [0.1, 0.15) is 12.8 Å². The highest BCUT2D eigenvalue weighted by molar-refractivity contribution is 5.96. The van der Waals surface area contributed by atoms with E-state index in [9.17, 15) is 9.18 Å². The third-order valence-electron chi connectivity index (χ3n) is 4.42. The van der Waals surface area contributed by atoms with Crippen molar-refractivity contribution in [2.45, 2.75) is 12.8 Å². The third-order valence-corrected chi connectivity index (χ3v) is 4.42. The van der Waals surface area contributed by atoms with Gasteiger partial charge in [0.05, 0.1) is 12.6 Å². The first-order valence-corrected chi connectivity index (χ1v) is 8.31. The fourth-order valence-electron chi connectivity index (χ4n) is 3.10. The Bertz CT molecular complexity index is 975. The highest BCUT2D eigenvalue weighted by atomic mass is 19.1. The van der Waals surface area contributed by atoms with E-state index in [2.05, 4.69) is 15.3 Å². The molecule has 1 saturated heterocycles. The van der Waals surface area contributed by atoms with Crippen molar-refractivity contribution in [2.75, 3.05) is 23.9 Å². The smallest absolute Gasteiger partial charge is 0.227 e. The number of carbonyl (C=O) groups excluding carboxylic acids is 1. The Labute approximate surface area is 149 Å². The minimum atomic E-state index is -0.468. The molecule has 2 heterocycles. The van der Waals surface area contributed by atoms with Crippen LogP contribution < -0.4 is 15.0 Å². The molecule has 26 heavy (non-hydrogen) atoms. The number of hydrogen-bond donors (Lipinski definition) is 1. The number of methoxy groups -OCH3 is 1. The lowest BCUT2D eigenvalue weighted by molar-refractivity contribution is -0.117. The minimum Gasteiger partial charge on any atom is -0.494 e. The maximum atomic E-state index is 13.9. The minimum absolute atomic E-state index is 0.137. The number of amides is 1. The number of fused-ring (bicyclic) bond motifs is 1. The maximum Gasteiger partial charge on any atom is 0.227 e. The summed E-state index contributed by atoms with van der Waals surface area (Å²) in [5.74, 6) is 0.377. The van der Waals surface area contributed by atoms with Crippen LogP contribution in [0.3, 0.4) is 0 Å². The topological polar surface area (TPSA) is 67.3 Å². The monoisotopic (exact) mass is 352 g/mol. The van der Waals surface area contributed by atoms with Gasteiger partial charge in [-0.2, -0.15) is 0 Å². The number of anilines is 3. The second kappa shape index (κ2) is 6.59. The Morgan fingerprint density at radius 2 is 2.00 bits per heavy atom. The van der Waals surface area contributed by atoms with Crippen LogP contribution in [-0.2, 0) is 4.79 Å². The standard InChI is InChI=1S/C19H17FN4O2/c1-26-17-9-14-16(10-15(17)20)21-11-22-19(14)23-12-4-6-13(7-5-12)24-8-2-3-18(24)25/h4-7,9-11H,2-3,8H2,1H3,(H,21,22,23). The van der Waals surface area contributed by atoms with E-state index in [1.54, 1.807) is 11.0 Å². The first kappa shape index (κ1) is 16.3. The van der Waals surface area contributed by atoms with Crippen molar-refractivity contribution in [2.24, 2.45) is 0 Å². The summed E-state index contributed by atoms with van der Waals surface area (Å²) in [5.41, 5.74) is 2.18. The molecule has 3 aromatic rings. The first-order chi connectivity index (χ1) is 12.7. The van der Waals surface area contributed by atoms with Gasteiger partial charge in [0.15, 0.2) is 11.6 Å². The predicted octanol–water partition coefficient (Wildman–Crippen LogP) is 3.65. The van der Waals surface area contributed by atoms with E-state index in [4.69, 9.17) is 4.74 Å². The van der Waals surface area contributed by atoms with E-state index in [0.717, 1.165) is 24.3 Å². The lowest BCUT2D eigenvalue weighted by Crippen LogP contribution is -2.23. The van der Waals surface area contributed by atoms with Crippen LogP contribution in [0.4, 0.5) is 21.6 Å². The molecule has 0 unspecified atom stereocenters. The summed E-state index contributed by atoms with van der Waals surface area (Å²) in [5, 5.41) is 3.87. The van der Waals surface area contributed by atoms with Crippen molar-refractivity contribution in [3.63, 3.8) is 0 Å². The van der Waals surface area contributed by atoms with Crippen molar-refractivity contribution in [1.29, 1.82) is 0 Å². The number of benzene rings is 2.